The summed E-state index contributed by atoms with van der Waals surface area (Å²) < 4.78 is 32.7. The van der Waals surface area contributed by atoms with Crippen LogP contribution in [0.25, 0.3) is 0 Å². The molecule has 0 aromatic heterocycles. The molecule has 1 unspecified atom stereocenters. The standard InChI is InChI=1S/C44H81O13P/c1-4-5-18-24-36(46)28-29-40-39(41(48)30-42(40)49)25-21-22-27-44(51)57-38(34-56-58(52,53)55-32-37(47)31-45)33-54-43(50)26-20-17-15-13-11-9-7-6-8-10-12-14-16-19-23-35(2)3/h21-22,28-29,35-42,45-49H,4-20,23-27,30-34H2,1-3H3,(H,52,53)/b22-21-,29-28+/t36-,37+,38-,39+,40-,41+,42-/m1/s1. The van der Waals surface area contributed by atoms with E-state index in [4.69, 9.17) is 19.1 Å². The maximum Gasteiger partial charge on any atom is 0.472 e. The normalized spacial score (nSPS) is 21.1. The zero-order valence-corrected chi connectivity index (χ0v) is 36.9. The summed E-state index contributed by atoms with van der Waals surface area (Å²) >= 11 is 0. The Labute approximate surface area is 349 Å². The van der Waals surface area contributed by atoms with E-state index in [0.717, 1.165) is 44.4 Å². The number of carbonyl (C=O) groups is 2. The lowest BCUT2D eigenvalue weighted by atomic mass is 9.89. The minimum atomic E-state index is -4.71. The van der Waals surface area contributed by atoms with Crippen LogP contribution in [0.15, 0.2) is 24.3 Å². The van der Waals surface area contributed by atoms with E-state index >= 15 is 0 Å². The summed E-state index contributed by atoms with van der Waals surface area (Å²) in [6.45, 7) is 4.24. The molecule has 13 nitrogen and oxygen atoms in total. The van der Waals surface area contributed by atoms with E-state index in [-0.39, 0.29) is 31.1 Å². The van der Waals surface area contributed by atoms with Crippen molar-refractivity contribution in [1.29, 1.82) is 0 Å². The van der Waals surface area contributed by atoms with Gasteiger partial charge in [0.2, 0.25) is 0 Å². The topological polar surface area (TPSA) is 210 Å². The molecular formula is C44H81O13P. The summed E-state index contributed by atoms with van der Waals surface area (Å²) in [4.78, 5) is 35.3. The van der Waals surface area contributed by atoms with E-state index in [2.05, 4.69) is 25.3 Å². The van der Waals surface area contributed by atoms with E-state index in [9.17, 15) is 39.5 Å². The quantitative estimate of drug-likeness (QED) is 0.0152. The highest BCUT2D eigenvalue weighted by Crippen LogP contribution is 2.43. The molecule has 58 heavy (non-hydrogen) atoms. The lowest BCUT2D eigenvalue weighted by molar-refractivity contribution is -0.160. The van der Waals surface area contributed by atoms with Gasteiger partial charge in [-0.05, 0) is 31.1 Å². The first-order valence-electron chi connectivity index (χ1n) is 22.4. The highest BCUT2D eigenvalue weighted by molar-refractivity contribution is 7.47. The van der Waals surface area contributed by atoms with Gasteiger partial charge in [0.1, 0.15) is 12.7 Å². The molecule has 14 heteroatoms. The zero-order valence-electron chi connectivity index (χ0n) is 36.0. The molecular weight excluding hydrogens is 767 g/mol. The number of hydrogen-bond donors (Lipinski definition) is 6. The van der Waals surface area contributed by atoms with Gasteiger partial charge in [-0.15, -0.1) is 0 Å². The van der Waals surface area contributed by atoms with Gasteiger partial charge in [-0.25, -0.2) is 4.57 Å². The highest BCUT2D eigenvalue weighted by Gasteiger charge is 2.39. The van der Waals surface area contributed by atoms with Gasteiger partial charge < -0.3 is 39.9 Å². The van der Waals surface area contributed by atoms with Crippen LogP contribution in [-0.2, 0) is 32.7 Å². The van der Waals surface area contributed by atoms with Crippen LogP contribution in [0.4, 0.5) is 0 Å². The van der Waals surface area contributed by atoms with E-state index in [1.165, 1.54) is 70.6 Å². The molecule has 0 bridgehead atoms. The number of unbranched alkanes of at least 4 members (excludes halogenated alkanes) is 15. The number of carbonyl (C=O) groups excluding carboxylic acids is 2. The van der Waals surface area contributed by atoms with Gasteiger partial charge in [-0.2, -0.15) is 0 Å². The van der Waals surface area contributed by atoms with Gasteiger partial charge >= 0.3 is 19.8 Å². The van der Waals surface area contributed by atoms with Gasteiger partial charge in [0.25, 0.3) is 0 Å². The number of aliphatic hydroxyl groups excluding tert-OH is 5. The number of rotatable bonds is 37. The zero-order chi connectivity index (χ0) is 43.0. The molecule has 0 aliphatic heterocycles. The molecule has 6 N–H and O–H groups in total. The molecule has 0 heterocycles. The molecule has 0 amide bonds. The van der Waals surface area contributed by atoms with E-state index in [0.29, 0.717) is 19.3 Å². The fourth-order valence-electron chi connectivity index (χ4n) is 7.09. The van der Waals surface area contributed by atoms with Crippen molar-refractivity contribution in [2.45, 2.75) is 199 Å². The van der Waals surface area contributed by atoms with Crippen molar-refractivity contribution >= 4 is 19.8 Å². The van der Waals surface area contributed by atoms with Crippen LogP contribution in [0.3, 0.4) is 0 Å². The van der Waals surface area contributed by atoms with Gasteiger partial charge in [-0.1, -0.05) is 154 Å². The van der Waals surface area contributed by atoms with Crippen molar-refractivity contribution in [2.75, 3.05) is 26.4 Å². The Morgan fingerprint density at radius 3 is 1.90 bits per heavy atom. The summed E-state index contributed by atoms with van der Waals surface area (Å²) in [5, 5.41) is 49.7. The first-order valence-corrected chi connectivity index (χ1v) is 23.9. The first-order chi connectivity index (χ1) is 27.8. The molecule has 0 aromatic rings. The van der Waals surface area contributed by atoms with Gasteiger partial charge in [0, 0.05) is 18.8 Å². The maximum absolute atomic E-state index is 12.8. The number of phosphoric acid groups is 1. The van der Waals surface area contributed by atoms with Crippen LogP contribution in [0.5, 0.6) is 0 Å². The van der Waals surface area contributed by atoms with Crippen LogP contribution < -0.4 is 0 Å². The molecule has 0 radical (unpaired) electrons. The molecule has 1 rings (SSSR count). The van der Waals surface area contributed by atoms with Crippen molar-refractivity contribution in [3.8, 4) is 0 Å². The lowest BCUT2D eigenvalue weighted by Crippen LogP contribution is -2.29. The Hall–Kier alpha value is -1.67. The second-order valence-electron chi connectivity index (χ2n) is 16.5. The number of allylic oxidation sites excluding steroid dienone is 1. The third-order valence-corrected chi connectivity index (χ3v) is 11.6. The minimum absolute atomic E-state index is 0.179. The smallest absolute Gasteiger partial charge is 0.462 e. The fraction of sp³-hybridized carbons (Fsp3) is 0.864. The van der Waals surface area contributed by atoms with Crippen molar-refractivity contribution < 1.29 is 63.1 Å². The van der Waals surface area contributed by atoms with Crippen LogP contribution in [-0.4, -0.2) is 99.3 Å². The molecule has 0 saturated heterocycles. The number of phosphoric ester groups is 1. The van der Waals surface area contributed by atoms with Crippen molar-refractivity contribution in [1.82, 2.24) is 0 Å². The highest BCUT2D eigenvalue weighted by atomic mass is 31.2. The predicted octanol–water partition coefficient (Wildman–Crippen LogP) is 8.02. The third-order valence-electron chi connectivity index (χ3n) is 10.6. The Morgan fingerprint density at radius 1 is 0.741 bits per heavy atom. The summed E-state index contributed by atoms with van der Waals surface area (Å²) in [5.41, 5.74) is 0. The summed E-state index contributed by atoms with van der Waals surface area (Å²) in [5.74, 6) is -1.09. The molecule has 1 aliphatic carbocycles. The molecule has 0 spiro atoms. The summed E-state index contributed by atoms with van der Waals surface area (Å²) in [7, 11) is -4.71. The van der Waals surface area contributed by atoms with Crippen LogP contribution in [0.1, 0.15) is 168 Å². The first kappa shape index (κ1) is 54.3. The number of hydrogen-bond acceptors (Lipinski definition) is 12. The average Bonchev–Trinajstić information content (AvgIpc) is 3.45. The molecule has 8 atom stereocenters. The largest absolute Gasteiger partial charge is 0.472 e. The van der Waals surface area contributed by atoms with Crippen molar-refractivity contribution in [2.24, 2.45) is 17.8 Å². The van der Waals surface area contributed by atoms with E-state index in [1.54, 1.807) is 24.3 Å². The number of esters is 2. The number of aliphatic hydroxyl groups is 5. The number of ether oxygens (including phenoxy) is 2. The summed E-state index contributed by atoms with van der Waals surface area (Å²) in [6, 6.07) is 0. The summed E-state index contributed by atoms with van der Waals surface area (Å²) in [6.07, 6.45) is 24.2. The van der Waals surface area contributed by atoms with Gasteiger partial charge in [-0.3, -0.25) is 18.6 Å². The maximum atomic E-state index is 12.8. The van der Waals surface area contributed by atoms with Crippen LogP contribution >= 0.6 is 7.82 Å². The van der Waals surface area contributed by atoms with Crippen molar-refractivity contribution in [3.63, 3.8) is 0 Å². The average molecular weight is 849 g/mol. The van der Waals surface area contributed by atoms with Gasteiger partial charge in [0.05, 0.1) is 44.6 Å². The Kier molecular flexibility index (Phi) is 31.8. The molecule has 1 saturated carbocycles. The Bertz CT molecular complexity index is 1150. The molecule has 1 fully saturated rings. The second kappa shape index (κ2) is 34.0. The third kappa shape index (κ3) is 28.7. The van der Waals surface area contributed by atoms with E-state index < -0.39 is 76.7 Å². The lowest BCUT2D eigenvalue weighted by Gasteiger charge is -2.20. The molecule has 340 valence electrons. The van der Waals surface area contributed by atoms with Gasteiger partial charge in [0.15, 0.2) is 6.10 Å². The predicted molar refractivity (Wildman–Crippen MR) is 226 cm³/mol. The molecule has 1 aliphatic rings. The Balaban J connectivity index is 2.48. The van der Waals surface area contributed by atoms with Crippen molar-refractivity contribution in [3.05, 3.63) is 24.3 Å². The molecule has 0 aromatic carbocycles. The fourth-order valence-corrected chi connectivity index (χ4v) is 7.88. The van der Waals surface area contributed by atoms with Crippen LogP contribution in [0.2, 0.25) is 0 Å². The monoisotopic (exact) mass is 849 g/mol. The Morgan fingerprint density at radius 2 is 1.31 bits per heavy atom. The SMILES string of the molecule is CCCCC[C@@H](O)/C=C/[C@@H]1[C@H](C/C=C\CC(=O)O[C@H](COC(=O)CCCCCCCCCCCCCCCCC(C)C)COP(=O)(O)OC[C@@H](O)CO)[C@@H](O)C[C@H]1O. The second-order valence-corrected chi connectivity index (χ2v) is 18.0. The van der Waals surface area contributed by atoms with Crippen LogP contribution in [0, 0.1) is 17.8 Å². The minimum Gasteiger partial charge on any atom is -0.462 e. The van der Waals surface area contributed by atoms with E-state index in [1.807, 2.05) is 0 Å².